The van der Waals surface area contributed by atoms with Crippen molar-refractivity contribution in [2.45, 2.75) is 13.5 Å². The van der Waals surface area contributed by atoms with Gasteiger partial charge >= 0.3 is 0 Å². The average Bonchev–Trinajstić information content (AvgIpc) is 2.72. The van der Waals surface area contributed by atoms with Gasteiger partial charge in [-0.3, -0.25) is 4.79 Å². The summed E-state index contributed by atoms with van der Waals surface area (Å²) in [5.41, 5.74) is 2.92. The van der Waals surface area contributed by atoms with Gasteiger partial charge in [-0.15, -0.1) is 0 Å². The van der Waals surface area contributed by atoms with Gasteiger partial charge in [-0.2, -0.15) is 11.3 Å². The molecule has 2 heterocycles. The highest BCUT2D eigenvalue weighted by Gasteiger charge is 2.10. The number of nitrogens with one attached hydrogen (secondary N) is 1. The number of halogens is 1. The molecule has 5 heteroatoms. The minimum atomic E-state index is -0.115. The van der Waals surface area contributed by atoms with Gasteiger partial charge in [0.25, 0.3) is 5.91 Å². The smallest absolute Gasteiger partial charge is 0.254 e. The quantitative estimate of drug-likeness (QED) is 0.885. The molecular formula is C12H11BrN2OS. The van der Waals surface area contributed by atoms with Crippen LogP contribution in [0.5, 0.6) is 0 Å². The topological polar surface area (TPSA) is 42.0 Å². The van der Waals surface area contributed by atoms with Gasteiger partial charge in [-0.1, -0.05) is 0 Å². The molecule has 1 N–H and O–H groups in total. The molecule has 0 unspecified atom stereocenters. The highest BCUT2D eigenvalue weighted by atomic mass is 79.9. The Morgan fingerprint density at radius 1 is 1.53 bits per heavy atom. The summed E-state index contributed by atoms with van der Waals surface area (Å²) in [5.74, 6) is -0.115. The monoisotopic (exact) mass is 310 g/mol. The Balaban J connectivity index is 2.04. The van der Waals surface area contributed by atoms with E-state index in [2.05, 4.69) is 31.6 Å². The van der Waals surface area contributed by atoms with Crippen molar-refractivity contribution in [2.24, 2.45) is 0 Å². The summed E-state index contributed by atoms with van der Waals surface area (Å²) in [6.45, 7) is 2.59. The first-order chi connectivity index (χ1) is 8.18. The molecule has 1 amide bonds. The molecule has 0 aliphatic heterocycles. The minimum absolute atomic E-state index is 0.115. The normalized spacial score (nSPS) is 10.2. The number of amides is 1. The number of hydrogen-bond donors (Lipinski definition) is 1. The number of carbonyl (C=O) groups excluding carboxylic acids is 1. The molecule has 0 saturated carbocycles. The first-order valence-electron chi connectivity index (χ1n) is 5.09. The molecule has 0 radical (unpaired) electrons. The van der Waals surface area contributed by atoms with Crippen molar-refractivity contribution < 1.29 is 4.79 Å². The van der Waals surface area contributed by atoms with Crippen LogP contribution in [0.25, 0.3) is 0 Å². The van der Waals surface area contributed by atoms with Crippen LogP contribution in [0.15, 0.2) is 33.7 Å². The van der Waals surface area contributed by atoms with Crippen LogP contribution >= 0.6 is 27.3 Å². The highest BCUT2D eigenvalue weighted by Crippen LogP contribution is 2.15. The SMILES string of the molecule is Cc1cscc1CNC(=O)c1cccnc1Br. The molecule has 0 atom stereocenters. The molecule has 0 saturated heterocycles. The summed E-state index contributed by atoms with van der Waals surface area (Å²) in [7, 11) is 0. The van der Waals surface area contributed by atoms with E-state index < -0.39 is 0 Å². The second kappa shape index (κ2) is 5.42. The second-order valence-corrected chi connectivity index (χ2v) is 5.10. The maximum absolute atomic E-state index is 11.9. The highest BCUT2D eigenvalue weighted by molar-refractivity contribution is 9.10. The van der Waals surface area contributed by atoms with E-state index in [9.17, 15) is 4.79 Å². The fourth-order valence-corrected chi connectivity index (χ4v) is 2.68. The Bertz CT molecular complexity index is 539. The zero-order valence-electron chi connectivity index (χ0n) is 9.24. The fourth-order valence-electron chi connectivity index (χ4n) is 1.39. The predicted molar refractivity (Wildman–Crippen MR) is 72.2 cm³/mol. The van der Waals surface area contributed by atoms with Crippen LogP contribution in [0.3, 0.4) is 0 Å². The Kier molecular flexibility index (Phi) is 3.91. The van der Waals surface area contributed by atoms with Crippen molar-refractivity contribution >= 4 is 33.2 Å². The Labute approximate surface area is 112 Å². The van der Waals surface area contributed by atoms with Crippen molar-refractivity contribution in [2.75, 3.05) is 0 Å². The summed E-state index contributed by atoms with van der Waals surface area (Å²) in [4.78, 5) is 15.9. The molecule has 0 fully saturated rings. The number of hydrogen-bond acceptors (Lipinski definition) is 3. The summed E-state index contributed by atoms with van der Waals surface area (Å²) in [6.07, 6.45) is 1.64. The summed E-state index contributed by atoms with van der Waals surface area (Å²) in [5, 5.41) is 7.00. The van der Waals surface area contributed by atoms with E-state index in [0.29, 0.717) is 16.7 Å². The molecule has 0 aromatic carbocycles. The van der Waals surface area contributed by atoms with Gasteiger partial charge in [0, 0.05) is 12.7 Å². The van der Waals surface area contributed by atoms with Gasteiger partial charge < -0.3 is 5.32 Å². The Morgan fingerprint density at radius 3 is 3.00 bits per heavy atom. The first kappa shape index (κ1) is 12.3. The van der Waals surface area contributed by atoms with E-state index in [1.165, 1.54) is 5.56 Å². The van der Waals surface area contributed by atoms with E-state index in [-0.39, 0.29) is 5.91 Å². The summed E-state index contributed by atoms with van der Waals surface area (Å²) in [6, 6.07) is 3.49. The van der Waals surface area contributed by atoms with Gasteiger partial charge in [0.05, 0.1) is 5.56 Å². The van der Waals surface area contributed by atoms with E-state index in [0.717, 1.165) is 5.56 Å². The lowest BCUT2D eigenvalue weighted by atomic mass is 10.2. The number of carbonyl (C=O) groups is 1. The molecule has 2 aromatic rings. The molecule has 17 heavy (non-hydrogen) atoms. The maximum Gasteiger partial charge on any atom is 0.254 e. The zero-order valence-corrected chi connectivity index (χ0v) is 11.6. The molecule has 0 aliphatic rings. The number of thiophene rings is 1. The van der Waals surface area contributed by atoms with Crippen molar-refractivity contribution in [1.29, 1.82) is 0 Å². The number of nitrogens with zero attached hydrogens (tertiary/aromatic N) is 1. The molecule has 88 valence electrons. The first-order valence-corrected chi connectivity index (χ1v) is 6.82. The van der Waals surface area contributed by atoms with Gasteiger partial charge in [0.2, 0.25) is 0 Å². The van der Waals surface area contributed by atoms with Gasteiger partial charge in [0.1, 0.15) is 4.60 Å². The van der Waals surface area contributed by atoms with E-state index in [1.54, 1.807) is 29.7 Å². The number of aryl methyl sites for hydroxylation is 1. The summed E-state index contributed by atoms with van der Waals surface area (Å²) < 4.78 is 0.569. The van der Waals surface area contributed by atoms with E-state index in [4.69, 9.17) is 0 Å². The van der Waals surface area contributed by atoms with Crippen molar-refractivity contribution in [3.05, 3.63) is 50.4 Å². The number of aromatic nitrogens is 1. The lowest BCUT2D eigenvalue weighted by molar-refractivity contribution is 0.0949. The number of pyridine rings is 1. The van der Waals surface area contributed by atoms with Crippen LogP contribution in [-0.2, 0) is 6.54 Å². The largest absolute Gasteiger partial charge is 0.348 e. The maximum atomic E-state index is 11.9. The molecule has 3 nitrogen and oxygen atoms in total. The van der Waals surface area contributed by atoms with Crippen molar-refractivity contribution in [3.63, 3.8) is 0 Å². The van der Waals surface area contributed by atoms with Gasteiger partial charge in [0.15, 0.2) is 0 Å². The predicted octanol–water partition coefficient (Wildman–Crippen LogP) is 3.14. The zero-order chi connectivity index (χ0) is 12.3. The second-order valence-electron chi connectivity index (χ2n) is 3.60. The van der Waals surface area contributed by atoms with E-state index in [1.807, 2.05) is 12.3 Å². The van der Waals surface area contributed by atoms with Crippen molar-refractivity contribution in [1.82, 2.24) is 10.3 Å². The van der Waals surface area contributed by atoms with Crippen molar-refractivity contribution in [3.8, 4) is 0 Å². The number of rotatable bonds is 3. The van der Waals surface area contributed by atoms with Crippen LogP contribution < -0.4 is 5.32 Å². The third-order valence-electron chi connectivity index (χ3n) is 2.40. The lowest BCUT2D eigenvalue weighted by Gasteiger charge is -2.05. The minimum Gasteiger partial charge on any atom is -0.348 e. The molecular weight excluding hydrogens is 300 g/mol. The summed E-state index contributed by atoms with van der Waals surface area (Å²) >= 11 is 4.90. The molecule has 0 aliphatic carbocycles. The fraction of sp³-hybridized carbons (Fsp3) is 0.167. The Morgan fingerprint density at radius 2 is 2.35 bits per heavy atom. The molecule has 0 bridgehead atoms. The van der Waals surface area contributed by atoms with E-state index >= 15 is 0 Å². The van der Waals surface area contributed by atoms with Crippen LogP contribution in [-0.4, -0.2) is 10.9 Å². The standard InChI is InChI=1S/C12H11BrN2OS/c1-8-6-17-7-9(8)5-15-12(16)10-3-2-4-14-11(10)13/h2-4,6-7H,5H2,1H3,(H,15,16). The van der Waals surface area contributed by atoms with Gasteiger partial charge in [-0.25, -0.2) is 4.98 Å². The third-order valence-corrected chi connectivity index (χ3v) is 3.95. The molecule has 2 rings (SSSR count). The van der Waals surface area contributed by atoms with Crippen LogP contribution in [0, 0.1) is 6.92 Å². The van der Waals surface area contributed by atoms with Crippen LogP contribution in [0.4, 0.5) is 0 Å². The lowest BCUT2D eigenvalue weighted by Crippen LogP contribution is -2.23. The van der Waals surface area contributed by atoms with Crippen LogP contribution in [0.1, 0.15) is 21.5 Å². The van der Waals surface area contributed by atoms with Crippen LogP contribution in [0.2, 0.25) is 0 Å². The molecule has 0 spiro atoms. The van der Waals surface area contributed by atoms with Gasteiger partial charge in [-0.05, 0) is 56.9 Å². The third kappa shape index (κ3) is 2.92. The Hall–Kier alpha value is -1.20. The molecule has 2 aromatic heterocycles. The average molecular weight is 311 g/mol.